The Bertz CT molecular complexity index is 177. The molecule has 1 rings (SSSR count). The Morgan fingerprint density at radius 3 is 2.00 bits per heavy atom. The van der Waals surface area contributed by atoms with Crippen molar-refractivity contribution in [2.24, 2.45) is 5.92 Å². The second kappa shape index (κ2) is 4.17. The van der Waals surface area contributed by atoms with Crippen LogP contribution in [-0.2, 0) is 9.47 Å². The van der Waals surface area contributed by atoms with Crippen LogP contribution < -0.4 is 0 Å². The first-order valence-corrected chi connectivity index (χ1v) is 5.46. The minimum absolute atomic E-state index is 0.0925. The molecule has 0 aromatic rings. The van der Waals surface area contributed by atoms with Gasteiger partial charge in [0.15, 0.2) is 5.79 Å². The molecule has 3 nitrogen and oxygen atoms in total. The topological polar surface area (TPSA) is 38.7 Å². The molecule has 1 unspecified atom stereocenters. The first kappa shape index (κ1) is 12.0. The summed E-state index contributed by atoms with van der Waals surface area (Å²) in [6.07, 6.45) is 1.87. The quantitative estimate of drug-likeness (QED) is 0.692. The van der Waals surface area contributed by atoms with E-state index in [2.05, 4.69) is 0 Å². The van der Waals surface area contributed by atoms with E-state index >= 15 is 0 Å². The highest BCUT2D eigenvalue weighted by molar-refractivity contribution is 4.98. The van der Waals surface area contributed by atoms with E-state index < -0.39 is 11.4 Å². The average molecular weight is 202 g/mol. The van der Waals surface area contributed by atoms with Gasteiger partial charge < -0.3 is 14.6 Å². The maximum absolute atomic E-state index is 9.97. The summed E-state index contributed by atoms with van der Waals surface area (Å²) in [5, 5.41) is 9.97. The van der Waals surface area contributed by atoms with E-state index in [0.29, 0.717) is 13.2 Å². The SMILES string of the molecule is CCOC1(OCC)CCC1C(C)(C)O. The predicted molar refractivity (Wildman–Crippen MR) is 55.0 cm³/mol. The van der Waals surface area contributed by atoms with Gasteiger partial charge in [0, 0.05) is 25.6 Å². The summed E-state index contributed by atoms with van der Waals surface area (Å²) in [4.78, 5) is 0. The highest BCUT2D eigenvalue weighted by Gasteiger charge is 2.55. The predicted octanol–water partition coefficient (Wildman–Crippen LogP) is 1.94. The number of hydrogen-bond acceptors (Lipinski definition) is 3. The minimum atomic E-state index is -0.720. The summed E-state index contributed by atoms with van der Waals surface area (Å²) in [7, 11) is 0. The lowest BCUT2D eigenvalue weighted by Gasteiger charge is -2.52. The summed E-state index contributed by atoms with van der Waals surface area (Å²) < 4.78 is 11.3. The third-order valence-corrected chi connectivity index (χ3v) is 2.94. The monoisotopic (exact) mass is 202 g/mol. The Kier molecular flexibility index (Phi) is 3.56. The molecule has 0 aromatic carbocycles. The van der Waals surface area contributed by atoms with Gasteiger partial charge in [-0.2, -0.15) is 0 Å². The largest absolute Gasteiger partial charge is 0.390 e. The molecule has 1 N–H and O–H groups in total. The fourth-order valence-electron chi connectivity index (χ4n) is 2.29. The van der Waals surface area contributed by atoms with Gasteiger partial charge in [-0.25, -0.2) is 0 Å². The third-order valence-electron chi connectivity index (χ3n) is 2.94. The molecule has 0 amide bonds. The number of rotatable bonds is 5. The molecule has 1 aliphatic rings. The van der Waals surface area contributed by atoms with Crippen LogP contribution >= 0.6 is 0 Å². The van der Waals surface area contributed by atoms with Crippen molar-refractivity contribution in [3.8, 4) is 0 Å². The molecular weight excluding hydrogens is 180 g/mol. The van der Waals surface area contributed by atoms with Crippen LogP contribution in [0.15, 0.2) is 0 Å². The highest BCUT2D eigenvalue weighted by atomic mass is 16.7. The van der Waals surface area contributed by atoms with Crippen molar-refractivity contribution in [3.05, 3.63) is 0 Å². The van der Waals surface area contributed by atoms with Crippen molar-refractivity contribution in [1.82, 2.24) is 0 Å². The van der Waals surface area contributed by atoms with Gasteiger partial charge in [0.1, 0.15) is 0 Å². The molecule has 1 saturated carbocycles. The fourth-order valence-corrected chi connectivity index (χ4v) is 2.29. The van der Waals surface area contributed by atoms with Crippen molar-refractivity contribution < 1.29 is 14.6 Å². The van der Waals surface area contributed by atoms with E-state index in [0.717, 1.165) is 12.8 Å². The van der Waals surface area contributed by atoms with Crippen molar-refractivity contribution in [3.63, 3.8) is 0 Å². The van der Waals surface area contributed by atoms with Crippen molar-refractivity contribution in [2.45, 2.75) is 51.9 Å². The summed E-state index contributed by atoms with van der Waals surface area (Å²) >= 11 is 0. The van der Waals surface area contributed by atoms with Crippen LogP contribution in [0, 0.1) is 5.92 Å². The molecule has 0 heterocycles. The molecule has 0 spiro atoms. The number of aliphatic hydroxyl groups is 1. The standard InChI is InChI=1S/C11H22O3/c1-5-13-11(14-6-2)8-7-9(11)10(3,4)12/h9,12H,5-8H2,1-4H3. The normalized spacial score (nSPS) is 25.9. The molecule has 0 aromatic heterocycles. The van der Waals surface area contributed by atoms with E-state index in [1.807, 2.05) is 27.7 Å². The van der Waals surface area contributed by atoms with Crippen LogP contribution in [0.4, 0.5) is 0 Å². The number of hydrogen-bond donors (Lipinski definition) is 1. The maximum Gasteiger partial charge on any atom is 0.173 e. The smallest absolute Gasteiger partial charge is 0.173 e. The molecule has 0 bridgehead atoms. The van der Waals surface area contributed by atoms with Gasteiger partial charge in [0.2, 0.25) is 0 Å². The lowest BCUT2D eigenvalue weighted by atomic mass is 9.69. The van der Waals surface area contributed by atoms with Crippen molar-refractivity contribution >= 4 is 0 Å². The molecule has 1 atom stereocenters. The number of ether oxygens (including phenoxy) is 2. The molecule has 0 radical (unpaired) electrons. The Labute approximate surface area is 86.4 Å². The van der Waals surface area contributed by atoms with Crippen LogP contribution in [0.25, 0.3) is 0 Å². The molecule has 3 heteroatoms. The van der Waals surface area contributed by atoms with E-state index in [4.69, 9.17) is 9.47 Å². The van der Waals surface area contributed by atoms with Crippen molar-refractivity contribution in [1.29, 1.82) is 0 Å². The Morgan fingerprint density at radius 1 is 1.29 bits per heavy atom. The minimum Gasteiger partial charge on any atom is -0.390 e. The van der Waals surface area contributed by atoms with Gasteiger partial charge in [0.05, 0.1) is 5.60 Å². The second-order valence-electron chi connectivity index (χ2n) is 4.42. The van der Waals surface area contributed by atoms with Crippen LogP contribution in [-0.4, -0.2) is 29.7 Å². The lowest BCUT2D eigenvalue weighted by molar-refractivity contribution is -0.333. The Hall–Kier alpha value is -0.120. The molecule has 1 aliphatic carbocycles. The molecular formula is C11H22O3. The van der Waals surface area contributed by atoms with Gasteiger partial charge >= 0.3 is 0 Å². The van der Waals surface area contributed by atoms with E-state index in [1.165, 1.54) is 0 Å². The summed E-state index contributed by atoms with van der Waals surface area (Å²) in [6, 6.07) is 0. The van der Waals surface area contributed by atoms with Crippen LogP contribution in [0.3, 0.4) is 0 Å². The summed E-state index contributed by atoms with van der Waals surface area (Å²) in [5.41, 5.74) is -0.720. The molecule has 0 saturated heterocycles. The zero-order chi connectivity index (χ0) is 10.8. The van der Waals surface area contributed by atoms with Gasteiger partial charge in [-0.3, -0.25) is 0 Å². The molecule has 14 heavy (non-hydrogen) atoms. The lowest BCUT2D eigenvalue weighted by Crippen LogP contribution is -2.59. The molecule has 84 valence electrons. The molecule has 0 aliphatic heterocycles. The van der Waals surface area contributed by atoms with E-state index in [1.54, 1.807) is 0 Å². The van der Waals surface area contributed by atoms with Gasteiger partial charge in [0.25, 0.3) is 0 Å². The maximum atomic E-state index is 9.97. The Balaban J connectivity index is 2.69. The van der Waals surface area contributed by atoms with E-state index in [-0.39, 0.29) is 5.92 Å². The van der Waals surface area contributed by atoms with Crippen molar-refractivity contribution in [2.75, 3.05) is 13.2 Å². The zero-order valence-corrected chi connectivity index (χ0v) is 9.67. The first-order chi connectivity index (χ1) is 6.46. The second-order valence-corrected chi connectivity index (χ2v) is 4.42. The summed E-state index contributed by atoms with van der Waals surface area (Å²) in [5.74, 6) is -0.434. The van der Waals surface area contributed by atoms with Gasteiger partial charge in [-0.05, 0) is 34.1 Å². The fraction of sp³-hybridized carbons (Fsp3) is 1.00. The highest BCUT2D eigenvalue weighted by Crippen LogP contribution is 2.48. The third kappa shape index (κ3) is 2.10. The zero-order valence-electron chi connectivity index (χ0n) is 9.67. The van der Waals surface area contributed by atoms with Crippen LogP contribution in [0.1, 0.15) is 40.5 Å². The van der Waals surface area contributed by atoms with E-state index in [9.17, 15) is 5.11 Å². The Morgan fingerprint density at radius 2 is 1.79 bits per heavy atom. The van der Waals surface area contributed by atoms with Crippen LogP contribution in [0.5, 0.6) is 0 Å². The summed E-state index contributed by atoms with van der Waals surface area (Å²) in [6.45, 7) is 8.83. The van der Waals surface area contributed by atoms with Gasteiger partial charge in [-0.15, -0.1) is 0 Å². The molecule has 1 fully saturated rings. The average Bonchev–Trinajstić information content (AvgIpc) is 1.98. The van der Waals surface area contributed by atoms with Crippen LogP contribution in [0.2, 0.25) is 0 Å². The van der Waals surface area contributed by atoms with Gasteiger partial charge in [-0.1, -0.05) is 0 Å². The first-order valence-electron chi connectivity index (χ1n) is 5.46.